The molecule has 0 radical (unpaired) electrons. The number of aryl methyl sites for hydroxylation is 1. The highest BCUT2D eigenvalue weighted by Gasteiger charge is 2.26. The Morgan fingerprint density at radius 3 is 2.90 bits per heavy atom. The predicted octanol–water partition coefficient (Wildman–Crippen LogP) is 3.71. The summed E-state index contributed by atoms with van der Waals surface area (Å²) in [4.78, 5) is 19.3. The van der Waals surface area contributed by atoms with Gasteiger partial charge in [-0.05, 0) is 50.1 Å². The Morgan fingerprint density at radius 1 is 1.27 bits per heavy atom. The minimum atomic E-state index is -0.235. The minimum absolute atomic E-state index is 0.00545. The van der Waals surface area contributed by atoms with Crippen molar-refractivity contribution in [2.24, 2.45) is 5.92 Å². The van der Waals surface area contributed by atoms with Crippen molar-refractivity contribution in [1.29, 1.82) is 0 Å². The topological polar surface area (TPSA) is 71.3 Å². The molecule has 0 bridgehead atoms. The van der Waals surface area contributed by atoms with Crippen LogP contribution in [-0.2, 0) is 17.9 Å². The fourth-order valence-corrected chi connectivity index (χ4v) is 3.80. The summed E-state index contributed by atoms with van der Waals surface area (Å²) < 4.78 is 18.4. The number of likely N-dealkylation sites (tertiary alicyclic amines) is 1. The Labute approximate surface area is 175 Å². The molecule has 1 N–H and O–H groups in total. The van der Waals surface area contributed by atoms with E-state index >= 15 is 0 Å². The molecule has 156 valence electrons. The lowest BCUT2D eigenvalue weighted by Gasteiger charge is -2.31. The summed E-state index contributed by atoms with van der Waals surface area (Å²) in [7, 11) is 0. The zero-order chi connectivity index (χ0) is 20.9. The lowest BCUT2D eigenvalue weighted by molar-refractivity contribution is -0.127. The number of hydrogen-bond donors (Lipinski definition) is 1. The van der Waals surface area contributed by atoms with E-state index in [0.717, 1.165) is 36.1 Å². The van der Waals surface area contributed by atoms with Crippen LogP contribution < -0.4 is 5.32 Å². The van der Waals surface area contributed by atoms with Crippen LogP contribution in [0.1, 0.15) is 29.9 Å². The normalized spacial score (nSPS) is 17.1. The average molecular weight is 408 g/mol. The first kappa shape index (κ1) is 20.2. The highest BCUT2D eigenvalue weighted by molar-refractivity contribution is 5.78. The smallest absolute Gasteiger partial charge is 0.246 e. The molecule has 30 heavy (non-hydrogen) atoms. The molecule has 2 aromatic carbocycles. The van der Waals surface area contributed by atoms with Crippen molar-refractivity contribution in [3.63, 3.8) is 0 Å². The van der Waals surface area contributed by atoms with Crippen LogP contribution >= 0.6 is 0 Å². The fourth-order valence-electron chi connectivity index (χ4n) is 3.80. The standard InChI is InChI=1S/C23H25FN4O2/c1-16-4-2-5-18(12-16)22-26-21(30-27-22)13-25-23(29)19-6-3-11-28(15-19)14-17-7-9-20(24)10-8-17/h2,4-5,7-10,12,19H,3,6,11,13-15H2,1H3,(H,25,29)/t19-/m1/s1. The number of nitrogens with zero attached hydrogens (tertiary/aromatic N) is 3. The van der Waals surface area contributed by atoms with Gasteiger partial charge in [0.2, 0.25) is 17.6 Å². The van der Waals surface area contributed by atoms with Crippen LogP contribution in [0.5, 0.6) is 0 Å². The van der Waals surface area contributed by atoms with E-state index < -0.39 is 0 Å². The Kier molecular flexibility index (Phi) is 6.18. The Bertz CT molecular complexity index is 1000. The molecule has 4 rings (SSSR count). The van der Waals surface area contributed by atoms with Gasteiger partial charge in [0.25, 0.3) is 0 Å². The Hall–Kier alpha value is -3.06. The molecule has 7 heteroatoms. The van der Waals surface area contributed by atoms with Crippen LogP contribution in [0.15, 0.2) is 53.1 Å². The number of rotatable bonds is 6. The molecule has 3 aromatic rings. The summed E-state index contributed by atoms with van der Waals surface area (Å²) in [6.07, 6.45) is 1.81. The maximum atomic E-state index is 13.1. The SMILES string of the molecule is Cc1cccc(-c2noc(CNC(=O)[C@@H]3CCCN(Cc4ccc(F)cc4)C3)n2)c1. The van der Waals surface area contributed by atoms with Crippen LogP contribution in [0.2, 0.25) is 0 Å². The zero-order valence-electron chi connectivity index (χ0n) is 17.0. The molecule has 1 aliphatic rings. The third-order valence-electron chi connectivity index (χ3n) is 5.35. The van der Waals surface area contributed by atoms with E-state index in [2.05, 4.69) is 20.4 Å². The number of carbonyl (C=O) groups excluding carboxylic acids is 1. The van der Waals surface area contributed by atoms with Crippen LogP contribution in [0.3, 0.4) is 0 Å². The van der Waals surface area contributed by atoms with Crippen molar-refractivity contribution in [3.8, 4) is 11.4 Å². The van der Waals surface area contributed by atoms with Gasteiger partial charge in [0, 0.05) is 18.7 Å². The first-order valence-electron chi connectivity index (χ1n) is 10.2. The molecule has 0 unspecified atom stereocenters. The van der Waals surface area contributed by atoms with E-state index in [1.807, 2.05) is 31.2 Å². The number of halogens is 1. The molecule has 6 nitrogen and oxygen atoms in total. The van der Waals surface area contributed by atoms with Gasteiger partial charge < -0.3 is 9.84 Å². The number of aromatic nitrogens is 2. The number of hydrogen-bond acceptors (Lipinski definition) is 5. The molecular formula is C23H25FN4O2. The average Bonchev–Trinajstić information content (AvgIpc) is 3.23. The molecule has 1 atom stereocenters. The number of piperidine rings is 1. The number of benzene rings is 2. The van der Waals surface area contributed by atoms with Gasteiger partial charge in [-0.25, -0.2) is 4.39 Å². The maximum Gasteiger partial charge on any atom is 0.246 e. The number of carbonyl (C=O) groups is 1. The highest BCUT2D eigenvalue weighted by Crippen LogP contribution is 2.20. The van der Waals surface area contributed by atoms with Crippen molar-refractivity contribution >= 4 is 5.91 Å². The Morgan fingerprint density at radius 2 is 2.10 bits per heavy atom. The predicted molar refractivity (Wildman–Crippen MR) is 111 cm³/mol. The third-order valence-corrected chi connectivity index (χ3v) is 5.35. The van der Waals surface area contributed by atoms with Gasteiger partial charge >= 0.3 is 0 Å². The van der Waals surface area contributed by atoms with Gasteiger partial charge in [-0.2, -0.15) is 4.98 Å². The quantitative estimate of drug-likeness (QED) is 0.673. The summed E-state index contributed by atoms with van der Waals surface area (Å²) in [5, 5.41) is 6.94. The minimum Gasteiger partial charge on any atom is -0.347 e. The molecule has 1 aromatic heterocycles. The third kappa shape index (κ3) is 5.10. The van der Waals surface area contributed by atoms with Gasteiger partial charge in [-0.3, -0.25) is 9.69 Å². The molecule has 0 aliphatic carbocycles. The largest absolute Gasteiger partial charge is 0.347 e. The van der Waals surface area contributed by atoms with Crippen LogP contribution in [0.4, 0.5) is 4.39 Å². The fraction of sp³-hybridized carbons (Fsp3) is 0.348. The van der Waals surface area contributed by atoms with Crippen molar-refractivity contribution in [2.45, 2.75) is 32.9 Å². The zero-order valence-corrected chi connectivity index (χ0v) is 17.0. The summed E-state index contributed by atoms with van der Waals surface area (Å²) in [5.74, 6) is 0.582. The monoisotopic (exact) mass is 408 g/mol. The van der Waals surface area contributed by atoms with Crippen LogP contribution in [-0.4, -0.2) is 34.0 Å². The highest BCUT2D eigenvalue weighted by atomic mass is 19.1. The molecule has 0 spiro atoms. The molecule has 1 amide bonds. The van der Waals surface area contributed by atoms with Crippen molar-refractivity contribution in [2.75, 3.05) is 13.1 Å². The van der Waals surface area contributed by atoms with Crippen molar-refractivity contribution < 1.29 is 13.7 Å². The maximum absolute atomic E-state index is 13.1. The molecule has 1 saturated heterocycles. The summed E-state index contributed by atoms with van der Waals surface area (Å²) in [5.41, 5.74) is 3.06. The molecular weight excluding hydrogens is 383 g/mol. The first-order valence-corrected chi connectivity index (χ1v) is 10.2. The van der Waals surface area contributed by atoms with E-state index in [4.69, 9.17) is 4.52 Å². The van der Waals surface area contributed by atoms with Gasteiger partial charge in [0.15, 0.2) is 0 Å². The lowest BCUT2D eigenvalue weighted by Crippen LogP contribution is -2.42. The van der Waals surface area contributed by atoms with E-state index in [0.29, 0.717) is 24.8 Å². The van der Waals surface area contributed by atoms with E-state index in [1.54, 1.807) is 12.1 Å². The number of amides is 1. The van der Waals surface area contributed by atoms with E-state index in [1.165, 1.54) is 12.1 Å². The van der Waals surface area contributed by atoms with E-state index in [-0.39, 0.29) is 24.2 Å². The van der Waals surface area contributed by atoms with E-state index in [9.17, 15) is 9.18 Å². The van der Waals surface area contributed by atoms with Crippen molar-refractivity contribution in [1.82, 2.24) is 20.4 Å². The molecule has 0 saturated carbocycles. The van der Waals surface area contributed by atoms with Gasteiger partial charge in [-0.1, -0.05) is 41.1 Å². The second-order valence-corrected chi connectivity index (χ2v) is 7.80. The van der Waals surface area contributed by atoms with Crippen LogP contribution in [0.25, 0.3) is 11.4 Å². The Balaban J connectivity index is 1.30. The summed E-state index contributed by atoms with van der Waals surface area (Å²) in [6, 6.07) is 14.4. The van der Waals surface area contributed by atoms with Crippen molar-refractivity contribution in [3.05, 3.63) is 71.4 Å². The van der Waals surface area contributed by atoms with Gasteiger partial charge in [-0.15, -0.1) is 0 Å². The van der Waals surface area contributed by atoms with Crippen LogP contribution in [0, 0.1) is 18.7 Å². The lowest BCUT2D eigenvalue weighted by atomic mass is 9.96. The van der Waals surface area contributed by atoms with Gasteiger partial charge in [0.1, 0.15) is 5.82 Å². The number of nitrogens with one attached hydrogen (secondary N) is 1. The molecule has 2 heterocycles. The van der Waals surface area contributed by atoms with Gasteiger partial charge in [0.05, 0.1) is 12.5 Å². The molecule has 1 aliphatic heterocycles. The summed E-state index contributed by atoms with van der Waals surface area (Å²) in [6.45, 7) is 4.56. The summed E-state index contributed by atoms with van der Waals surface area (Å²) >= 11 is 0. The second kappa shape index (κ2) is 9.17. The first-order chi connectivity index (χ1) is 14.6. The molecule has 1 fully saturated rings. The second-order valence-electron chi connectivity index (χ2n) is 7.80.